The van der Waals surface area contributed by atoms with Crippen LogP contribution in [0.2, 0.25) is 0 Å². The van der Waals surface area contributed by atoms with Crippen molar-refractivity contribution in [2.75, 3.05) is 19.8 Å². The number of hydrogen-bond donors (Lipinski definition) is 4. The van der Waals surface area contributed by atoms with Gasteiger partial charge in [-0.05, 0) is 38.5 Å². The minimum Gasteiger partial charge on any atom is -0.462 e. The molecule has 390 valence electrons. The summed E-state index contributed by atoms with van der Waals surface area (Å²) in [6.45, 7) is 3.48. The van der Waals surface area contributed by atoms with Crippen molar-refractivity contribution in [3.63, 3.8) is 0 Å². The molecular formula is C56H106O10. The van der Waals surface area contributed by atoms with Gasteiger partial charge in [-0.15, -0.1) is 0 Å². The summed E-state index contributed by atoms with van der Waals surface area (Å²) in [7, 11) is 0. The molecule has 1 fully saturated rings. The number of rotatable bonds is 49. The van der Waals surface area contributed by atoms with Crippen LogP contribution in [0.4, 0.5) is 0 Å². The van der Waals surface area contributed by atoms with Gasteiger partial charge >= 0.3 is 11.9 Å². The molecule has 10 heteroatoms. The number of aliphatic hydroxyl groups excluding tert-OH is 4. The van der Waals surface area contributed by atoms with Gasteiger partial charge in [-0.2, -0.15) is 0 Å². The molecule has 0 aliphatic carbocycles. The molecular weight excluding hydrogens is 833 g/mol. The Morgan fingerprint density at radius 3 is 1.18 bits per heavy atom. The highest BCUT2D eigenvalue weighted by Gasteiger charge is 2.44. The molecule has 10 nitrogen and oxygen atoms in total. The first-order valence-electron chi connectivity index (χ1n) is 28.3. The molecule has 1 rings (SSSR count). The first-order valence-corrected chi connectivity index (χ1v) is 28.3. The van der Waals surface area contributed by atoms with E-state index in [1.807, 2.05) is 0 Å². The van der Waals surface area contributed by atoms with Gasteiger partial charge in [-0.3, -0.25) is 9.59 Å². The predicted molar refractivity (Wildman–Crippen MR) is 270 cm³/mol. The number of ether oxygens (including phenoxy) is 4. The zero-order valence-electron chi connectivity index (χ0n) is 43.0. The lowest BCUT2D eigenvalue weighted by atomic mass is 9.99. The largest absolute Gasteiger partial charge is 0.462 e. The van der Waals surface area contributed by atoms with E-state index in [0.29, 0.717) is 6.42 Å². The summed E-state index contributed by atoms with van der Waals surface area (Å²) in [5.41, 5.74) is 0. The van der Waals surface area contributed by atoms with E-state index >= 15 is 0 Å². The maximum absolute atomic E-state index is 12.9. The number of carbonyl (C=O) groups is 2. The Kier molecular flexibility index (Phi) is 44.6. The highest BCUT2D eigenvalue weighted by atomic mass is 16.7. The Bertz CT molecular complexity index is 1080. The zero-order chi connectivity index (χ0) is 48.0. The molecule has 0 amide bonds. The molecule has 4 N–H and O–H groups in total. The van der Waals surface area contributed by atoms with Crippen LogP contribution in [0.5, 0.6) is 0 Å². The monoisotopic (exact) mass is 939 g/mol. The molecule has 66 heavy (non-hydrogen) atoms. The maximum atomic E-state index is 12.9. The second kappa shape index (κ2) is 47.1. The number of aliphatic hydroxyl groups is 4. The average Bonchev–Trinajstić information content (AvgIpc) is 3.32. The van der Waals surface area contributed by atoms with Gasteiger partial charge in [0.2, 0.25) is 0 Å². The van der Waals surface area contributed by atoms with Gasteiger partial charge in [0, 0.05) is 12.8 Å². The zero-order valence-corrected chi connectivity index (χ0v) is 43.0. The molecule has 1 aliphatic heterocycles. The molecule has 0 spiro atoms. The number of allylic oxidation sites excluding steroid dienone is 2. The molecule has 6 atom stereocenters. The van der Waals surface area contributed by atoms with Crippen LogP contribution in [0.1, 0.15) is 277 Å². The summed E-state index contributed by atoms with van der Waals surface area (Å²) >= 11 is 0. The SMILES string of the molecule is CCCCCCCC/C=C/CCCCCCCCCCCCCC(=O)O[C@@H](COC(=O)CCCCCCCCCCCCCCCCCCCCCC)CO[C@H]1O[C@@H](CO)[C@@H](O)C(O)C1O. The standard InChI is InChI=1S/C56H106O10/c1-3-5-7-9-11-13-15-17-19-21-23-25-27-29-31-33-35-37-39-41-43-45-52(59)65-49(48-64-56-55(62)54(61)53(60)50(46-57)66-56)47-63-51(58)44-42-40-38-36-34-32-30-28-26-24-22-20-18-16-14-12-10-8-6-4-2/h17,19,49-50,53-57,60-62H,3-16,18,20-48H2,1-2H3/b19-17+/t49-,50-,53+,54?,55?,56-/m0/s1. The van der Waals surface area contributed by atoms with E-state index in [1.54, 1.807) is 0 Å². The summed E-state index contributed by atoms with van der Waals surface area (Å²) in [6, 6.07) is 0. The van der Waals surface area contributed by atoms with E-state index in [1.165, 1.54) is 205 Å². The Morgan fingerprint density at radius 1 is 0.455 bits per heavy atom. The molecule has 1 aliphatic rings. The topological polar surface area (TPSA) is 152 Å². The van der Waals surface area contributed by atoms with E-state index < -0.39 is 49.4 Å². The van der Waals surface area contributed by atoms with E-state index in [-0.39, 0.29) is 32.0 Å². The van der Waals surface area contributed by atoms with Gasteiger partial charge in [-0.25, -0.2) is 0 Å². The van der Waals surface area contributed by atoms with Gasteiger partial charge < -0.3 is 39.4 Å². The Balaban J connectivity index is 2.20. The summed E-state index contributed by atoms with van der Waals surface area (Å²) < 4.78 is 22.3. The number of unbranched alkanes of at least 4 members (excludes halogenated alkanes) is 36. The van der Waals surface area contributed by atoms with Crippen molar-refractivity contribution in [2.24, 2.45) is 0 Å². The van der Waals surface area contributed by atoms with Crippen LogP contribution in [0.3, 0.4) is 0 Å². The smallest absolute Gasteiger partial charge is 0.306 e. The minimum absolute atomic E-state index is 0.211. The van der Waals surface area contributed by atoms with Crippen LogP contribution < -0.4 is 0 Å². The van der Waals surface area contributed by atoms with Crippen LogP contribution >= 0.6 is 0 Å². The molecule has 0 bridgehead atoms. The Morgan fingerprint density at radius 2 is 0.803 bits per heavy atom. The lowest BCUT2D eigenvalue weighted by Crippen LogP contribution is -2.59. The fourth-order valence-electron chi connectivity index (χ4n) is 8.95. The van der Waals surface area contributed by atoms with Crippen LogP contribution in [0.15, 0.2) is 12.2 Å². The van der Waals surface area contributed by atoms with Gasteiger partial charge in [-0.1, -0.05) is 238 Å². The summed E-state index contributed by atoms with van der Waals surface area (Å²) in [5.74, 6) is -0.788. The van der Waals surface area contributed by atoms with Crippen molar-refractivity contribution in [1.29, 1.82) is 0 Å². The first-order chi connectivity index (χ1) is 32.3. The molecule has 1 saturated heterocycles. The van der Waals surface area contributed by atoms with Crippen LogP contribution in [0, 0.1) is 0 Å². The molecule has 2 unspecified atom stereocenters. The lowest BCUT2D eigenvalue weighted by Gasteiger charge is -2.39. The second-order valence-corrected chi connectivity index (χ2v) is 19.7. The molecule has 0 aromatic carbocycles. The Labute approximate surface area is 405 Å². The molecule has 0 radical (unpaired) electrons. The van der Waals surface area contributed by atoms with Crippen LogP contribution in [-0.2, 0) is 28.5 Å². The Hall–Kier alpha value is -1.56. The molecule has 0 aromatic heterocycles. The van der Waals surface area contributed by atoms with Crippen molar-refractivity contribution in [3.05, 3.63) is 12.2 Å². The summed E-state index contributed by atoms with van der Waals surface area (Å²) in [5, 5.41) is 40.3. The van der Waals surface area contributed by atoms with E-state index in [2.05, 4.69) is 26.0 Å². The quantitative estimate of drug-likeness (QED) is 0.0263. The van der Waals surface area contributed by atoms with Crippen molar-refractivity contribution >= 4 is 11.9 Å². The number of hydrogen-bond acceptors (Lipinski definition) is 10. The number of carbonyl (C=O) groups excluding carboxylic acids is 2. The summed E-state index contributed by atoms with van der Waals surface area (Å²) in [4.78, 5) is 25.5. The third-order valence-electron chi connectivity index (χ3n) is 13.4. The maximum Gasteiger partial charge on any atom is 0.306 e. The van der Waals surface area contributed by atoms with Gasteiger partial charge in [0.05, 0.1) is 13.2 Å². The third-order valence-corrected chi connectivity index (χ3v) is 13.4. The predicted octanol–water partition coefficient (Wildman–Crippen LogP) is 13.8. The van der Waals surface area contributed by atoms with Crippen molar-refractivity contribution in [2.45, 2.75) is 314 Å². The highest BCUT2D eigenvalue weighted by Crippen LogP contribution is 2.23. The van der Waals surface area contributed by atoms with Crippen LogP contribution in [-0.4, -0.2) is 89.0 Å². The fourth-order valence-corrected chi connectivity index (χ4v) is 8.95. The van der Waals surface area contributed by atoms with Crippen molar-refractivity contribution < 1.29 is 49.0 Å². The fraction of sp³-hybridized carbons (Fsp3) is 0.929. The first kappa shape index (κ1) is 62.5. The van der Waals surface area contributed by atoms with E-state index in [4.69, 9.17) is 18.9 Å². The molecule has 0 saturated carbocycles. The third kappa shape index (κ3) is 37.3. The lowest BCUT2D eigenvalue weighted by molar-refractivity contribution is -0.305. The van der Waals surface area contributed by atoms with Crippen molar-refractivity contribution in [3.8, 4) is 0 Å². The van der Waals surface area contributed by atoms with E-state index in [9.17, 15) is 30.0 Å². The van der Waals surface area contributed by atoms with Crippen LogP contribution in [0.25, 0.3) is 0 Å². The summed E-state index contributed by atoms with van der Waals surface area (Å²) in [6.07, 6.45) is 46.5. The normalized spacial score (nSPS) is 19.2. The highest BCUT2D eigenvalue weighted by molar-refractivity contribution is 5.70. The molecule has 1 heterocycles. The number of esters is 2. The van der Waals surface area contributed by atoms with Gasteiger partial charge in [0.15, 0.2) is 12.4 Å². The van der Waals surface area contributed by atoms with E-state index in [0.717, 1.165) is 38.5 Å². The van der Waals surface area contributed by atoms with Crippen molar-refractivity contribution in [1.82, 2.24) is 0 Å². The van der Waals surface area contributed by atoms with Gasteiger partial charge in [0.25, 0.3) is 0 Å². The second-order valence-electron chi connectivity index (χ2n) is 19.7. The van der Waals surface area contributed by atoms with Gasteiger partial charge in [0.1, 0.15) is 31.0 Å². The average molecular weight is 939 g/mol. The minimum atomic E-state index is -1.59. The molecule has 0 aromatic rings.